The molecule has 1 amide bonds. The Kier molecular flexibility index (Phi) is 4.88. The van der Waals surface area contributed by atoms with E-state index in [-0.39, 0.29) is 21.6 Å². The number of carbonyl (C=O) groups is 2. The van der Waals surface area contributed by atoms with Gasteiger partial charge in [0, 0.05) is 11.6 Å². The van der Waals surface area contributed by atoms with Crippen LogP contribution in [0.4, 0.5) is 5.82 Å². The lowest BCUT2D eigenvalue weighted by Crippen LogP contribution is -2.34. The number of nitrogens with one attached hydrogen (secondary N) is 1. The van der Waals surface area contributed by atoms with E-state index in [1.807, 2.05) is 0 Å². The van der Waals surface area contributed by atoms with Crippen molar-refractivity contribution in [2.24, 2.45) is 0 Å². The largest absolute Gasteiger partial charge is 0.543 e. The minimum Gasteiger partial charge on any atom is -0.543 e. The maximum Gasteiger partial charge on any atom is 0.275 e. The van der Waals surface area contributed by atoms with Gasteiger partial charge in [-0.05, 0) is 12.1 Å². The van der Waals surface area contributed by atoms with Gasteiger partial charge in [-0.3, -0.25) is 9.59 Å². The molecule has 0 aliphatic carbocycles. The summed E-state index contributed by atoms with van der Waals surface area (Å²) in [6.07, 6.45) is 1.29. The highest BCUT2D eigenvalue weighted by molar-refractivity contribution is 6.36. The predicted molar refractivity (Wildman–Crippen MR) is 93.2 cm³/mol. The molecule has 0 atom stereocenters. The number of amides is 1. The fraction of sp³-hybridized carbons (Fsp3) is 0.0625. The van der Waals surface area contributed by atoms with Crippen LogP contribution in [0.1, 0.15) is 10.5 Å². The molecule has 1 N–H and O–H groups in total. The van der Waals surface area contributed by atoms with E-state index >= 15 is 0 Å². The van der Waals surface area contributed by atoms with E-state index in [9.17, 15) is 19.5 Å². The first-order valence-corrected chi connectivity index (χ1v) is 7.94. The summed E-state index contributed by atoms with van der Waals surface area (Å²) in [7, 11) is 0. The summed E-state index contributed by atoms with van der Waals surface area (Å²) in [5.74, 6) is -2.18. The van der Waals surface area contributed by atoms with E-state index < -0.39 is 29.7 Å². The molecule has 3 aromatic rings. The van der Waals surface area contributed by atoms with Crippen LogP contribution < -0.4 is 16.0 Å². The second-order valence-electron chi connectivity index (χ2n) is 5.18. The summed E-state index contributed by atoms with van der Waals surface area (Å²) >= 11 is 11.7. The molecule has 0 radical (unpaired) electrons. The predicted octanol–water partition coefficient (Wildman–Crippen LogP) is 1.10. The van der Waals surface area contributed by atoms with Crippen LogP contribution in [0, 0.1) is 0 Å². The maximum atomic E-state index is 12.5. The highest BCUT2D eigenvalue weighted by Gasteiger charge is 2.14. The van der Waals surface area contributed by atoms with Crippen molar-refractivity contribution in [1.82, 2.24) is 14.8 Å². The summed E-state index contributed by atoms with van der Waals surface area (Å²) in [5, 5.41) is 18.1. The molecule has 2 aromatic heterocycles. The number of hydrogen-bond acceptors (Lipinski definition) is 6. The summed E-state index contributed by atoms with van der Waals surface area (Å²) in [6, 6.07) is 7.42. The number of carbonyl (C=O) groups excluding carboxylic acids is 2. The van der Waals surface area contributed by atoms with E-state index in [0.717, 1.165) is 4.68 Å². The Bertz CT molecular complexity index is 1100. The van der Waals surface area contributed by atoms with Crippen molar-refractivity contribution in [3.8, 4) is 0 Å². The Labute approximate surface area is 156 Å². The van der Waals surface area contributed by atoms with Crippen LogP contribution in [0.3, 0.4) is 0 Å². The molecular formula is C16H9Cl2N4O4-. The quantitative estimate of drug-likeness (QED) is 0.711. The summed E-state index contributed by atoms with van der Waals surface area (Å²) in [6.45, 7) is -0.537. The SMILES string of the molecule is O=C(Cn1nc(C(=O)[O-])c2ccccc2c1=O)Nc1ncc(Cl)cc1Cl. The normalized spacial score (nSPS) is 10.7. The van der Waals surface area contributed by atoms with E-state index in [0.29, 0.717) is 5.02 Å². The molecule has 0 bridgehead atoms. The van der Waals surface area contributed by atoms with Crippen molar-refractivity contribution in [2.45, 2.75) is 6.54 Å². The van der Waals surface area contributed by atoms with Gasteiger partial charge in [0.05, 0.1) is 21.4 Å². The molecule has 1 aromatic carbocycles. The molecule has 0 aliphatic heterocycles. The van der Waals surface area contributed by atoms with Crippen LogP contribution >= 0.6 is 23.2 Å². The zero-order chi connectivity index (χ0) is 18.8. The number of pyridine rings is 1. The third-order valence-corrected chi connectivity index (χ3v) is 3.91. The first-order chi connectivity index (χ1) is 12.4. The number of nitrogens with zero attached hydrogens (tertiary/aromatic N) is 3. The lowest BCUT2D eigenvalue weighted by atomic mass is 10.1. The lowest BCUT2D eigenvalue weighted by Gasteiger charge is -2.12. The molecule has 0 fully saturated rings. The Balaban J connectivity index is 1.95. The molecule has 3 rings (SSSR count). The number of aromatic carboxylic acids is 1. The van der Waals surface area contributed by atoms with Gasteiger partial charge in [0.25, 0.3) is 5.56 Å². The van der Waals surface area contributed by atoms with E-state index in [1.165, 1.54) is 24.4 Å². The van der Waals surface area contributed by atoms with Crippen LogP contribution in [0.5, 0.6) is 0 Å². The molecule has 8 nitrogen and oxygen atoms in total. The van der Waals surface area contributed by atoms with Gasteiger partial charge in [-0.15, -0.1) is 0 Å². The Hall–Kier alpha value is -2.97. The smallest absolute Gasteiger partial charge is 0.275 e. The number of anilines is 1. The third kappa shape index (κ3) is 3.51. The molecule has 0 aliphatic rings. The number of carboxylic acid groups (broad SMARTS) is 1. The number of halogens is 2. The number of benzene rings is 1. The summed E-state index contributed by atoms with van der Waals surface area (Å²) in [4.78, 5) is 39.8. The molecule has 132 valence electrons. The molecule has 0 unspecified atom stereocenters. The van der Waals surface area contributed by atoms with E-state index in [2.05, 4.69) is 15.4 Å². The van der Waals surface area contributed by atoms with Crippen LogP contribution in [-0.4, -0.2) is 26.6 Å². The zero-order valence-electron chi connectivity index (χ0n) is 12.9. The highest BCUT2D eigenvalue weighted by atomic mass is 35.5. The second kappa shape index (κ2) is 7.11. The van der Waals surface area contributed by atoms with Crippen LogP contribution in [0.15, 0.2) is 41.3 Å². The monoisotopic (exact) mass is 391 g/mol. The van der Waals surface area contributed by atoms with Gasteiger partial charge in [-0.25, -0.2) is 9.67 Å². The molecule has 2 heterocycles. The van der Waals surface area contributed by atoms with E-state index in [4.69, 9.17) is 23.2 Å². The fourth-order valence-corrected chi connectivity index (χ4v) is 2.73. The second-order valence-corrected chi connectivity index (χ2v) is 6.02. The summed E-state index contributed by atoms with van der Waals surface area (Å²) < 4.78 is 0.743. The first kappa shape index (κ1) is 17.8. The van der Waals surface area contributed by atoms with Gasteiger partial charge in [-0.1, -0.05) is 41.4 Å². The maximum absolute atomic E-state index is 12.5. The molecule has 26 heavy (non-hydrogen) atoms. The van der Waals surface area contributed by atoms with Crippen molar-refractivity contribution in [3.05, 3.63) is 62.6 Å². The van der Waals surface area contributed by atoms with Crippen molar-refractivity contribution >= 4 is 51.7 Å². The van der Waals surface area contributed by atoms with Gasteiger partial charge in [-0.2, -0.15) is 5.10 Å². The van der Waals surface area contributed by atoms with Crippen LogP contribution in [0.25, 0.3) is 10.8 Å². The number of aromatic nitrogens is 3. The fourth-order valence-electron chi connectivity index (χ4n) is 2.31. The highest BCUT2D eigenvalue weighted by Crippen LogP contribution is 2.22. The van der Waals surface area contributed by atoms with Crippen molar-refractivity contribution in [3.63, 3.8) is 0 Å². The van der Waals surface area contributed by atoms with Crippen molar-refractivity contribution in [1.29, 1.82) is 0 Å². The molecule has 0 spiro atoms. The van der Waals surface area contributed by atoms with Crippen molar-refractivity contribution in [2.75, 3.05) is 5.32 Å². The number of fused-ring (bicyclic) bond motifs is 1. The average molecular weight is 392 g/mol. The Morgan fingerprint density at radius 2 is 1.88 bits per heavy atom. The number of rotatable bonds is 4. The first-order valence-electron chi connectivity index (χ1n) is 7.19. The average Bonchev–Trinajstić information content (AvgIpc) is 2.59. The number of hydrogen-bond donors (Lipinski definition) is 1. The standard InChI is InChI=1S/C16H10Cl2N4O4/c17-8-5-11(18)14(19-6-8)20-12(23)7-22-15(24)10-4-2-1-3-9(10)13(21-22)16(25)26/h1-6H,7H2,(H,25,26)(H,19,20,23)/p-1. The Morgan fingerprint density at radius 1 is 1.19 bits per heavy atom. The van der Waals surface area contributed by atoms with Gasteiger partial charge >= 0.3 is 0 Å². The van der Waals surface area contributed by atoms with Crippen LogP contribution in [0.2, 0.25) is 10.0 Å². The topological polar surface area (TPSA) is 117 Å². The minimum atomic E-state index is -1.56. The minimum absolute atomic E-state index is 0.0510. The lowest BCUT2D eigenvalue weighted by molar-refractivity contribution is -0.255. The molecule has 10 heteroatoms. The zero-order valence-corrected chi connectivity index (χ0v) is 14.4. The summed E-state index contributed by atoms with van der Waals surface area (Å²) in [5.41, 5.74) is -1.05. The van der Waals surface area contributed by atoms with Gasteiger partial charge in [0.1, 0.15) is 12.2 Å². The van der Waals surface area contributed by atoms with Crippen LogP contribution in [-0.2, 0) is 11.3 Å². The van der Waals surface area contributed by atoms with E-state index in [1.54, 1.807) is 12.1 Å². The van der Waals surface area contributed by atoms with Gasteiger partial charge < -0.3 is 15.2 Å². The molecule has 0 saturated heterocycles. The number of carboxylic acids is 1. The molecule has 0 saturated carbocycles. The van der Waals surface area contributed by atoms with Crippen molar-refractivity contribution < 1.29 is 14.7 Å². The Morgan fingerprint density at radius 3 is 2.54 bits per heavy atom. The van der Waals surface area contributed by atoms with Gasteiger partial charge in [0.15, 0.2) is 5.82 Å². The third-order valence-electron chi connectivity index (χ3n) is 3.42. The van der Waals surface area contributed by atoms with Gasteiger partial charge in [0.2, 0.25) is 5.91 Å². The molecular weight excluding hydrogens is 383 g/mol.